The number of rotatable bonds is 5. The minimum atomic E-state index is -0.281. The maximum absolute atomic E-state index is 10.5. The fourth-order valence-electron chi connectivity index (χ4n) is 1.49. The highest BCUT2D eigenvalue weighted by Crippen LogP contribution is 2.24. The van der Waals surface area contributed by atoms with Crippen molar-refractivity contribution in [1.82, 2.24) is 0 Å². The normalized spacial score (nSPS) is 11.2. The molecule has 0 heterocycles. The molecule has 0 aromatic heterocycles. The number of carbonyl (C=O) groups is 1. The zero-order valence-electron chi connectivity index (χ0n) is 10.8. The monoisotopic (exact) mass is 235 g/mol. The van der Waals surface area contributed by atoms with E-state index in [0.29, 0.717) is 19.4 Å². The summed E-state index contributed by atoms with van der Waals surface area (Å²) >= 11 is 0. The lowest BCUT2D eigenvalue weighted by Crippen LogP contribution is -2.12. The van der Waals surface area contributed by atoms with Gasteiger partial charge in [-0.05, 0) is 29.5 Å². The minimum absolute atomic E-state index is 0.157. The highest BCUT2D eigenvalue weighted by molar-refractivity contribution is 5.73. The average Bonchev–Trinajstić information content (AvgIpc) is 2.23. The van der Waals surface area contributed by atoms with E-state index in [0.717, 1.165) is 5.75 Å². The Kier molecular flexibility index (Phi) is 4.55. The summed E-state index contributed by atoms with van der Waals surface area (Å²) in [7, 11) is 0. The van der Waals surface area contributed by atoms with E-state index < -0.39 is 0 Å². The highest BCUT2D eigenvalue weighted by Gasteiger charge is 2.12. The second-order valence-corrected chi connectivity index (χ2v) is 5.19. The third kappa shape index (κ3) is 4.89. The summed E-state index contributed by atoms with van der Waals surface area (Å²) < 4.78 is 5.52. The molecule has 3 nitrogen and oxygen atoms in total. The summed E-state index contributed by atoms with van der Waals surface area (Å²) in [4.78, 5) is 10.5. The van der Waals surface area contributed by atoms with Crippen LogP contribution in [0.2, 0.25) is 0 Å². The molecular weight excluding hydrogens is 214 g/mol. The van der Waals surface area contributed by atoms with E-state index in [9.17, 15) is 4.79 Å². The number of benzene rings is 1. The van der Waals surface area contributed by atoms with Gasteiger partial charge in [0, 0.05) is 6.42 Å². The van der Waals surface area contributed by atoms with Crippen molar-refractivity contribution in [2.24, 2.45) is 5.73 Å². The third-order valence-corrected chi connectivity index (χ3v) is 2.56. The molecule has 3 heteroatoms. The Labute approximate surface area is 103 Å². The largest absolute Gasteiger partial charge is 0.494 e. The van der Waals surface area contributed by atoms with E-state index >= 15 is 0 Å². The summed E-state index contributed by atoms with van der Waals surface area (Å²) in [6.45, 7) is 7.05. The molecular formula is C14H21NO2. The molecule has 0 aliphatic carbocycles. The van der Waals surface area contributed by atoms with Crippen LogP contribution in [0.5, 0.6) is 5.75 Å². The maximum atomic E-state index is 10.5. The lowest BCUT2D eigenvalue weighted by Gasteiger charge is -2.19. The van der Waals surface area contributed by atoms with Crippen LogP contribution in [0.25, 0.3) is 0 Å². The van der Waals surface area contributed by atoms with Gasteiger partial charge in [0.15, 0.2) is 0 Å². The van der Waals surface area contributed by atoms with E-state index in [-0.39, 0.29) is 11.3 Å². The first kappa shape index (κ1) is 13.6. The number of hydrogen-bond donors (Lipinski definition) is 1. The minimum Gasteiger partial charge on any atom is -0.494 e. The molecule has 1 amide bonds. The van der Waals surface area contributed by atoms with E-state index in [1.807, 2.05) is 12.1 Å². The second-order valence-electron chi connectivity index (χ2n) is 5.19. The van der Waals surface area contributed by atoms with Crippen molar-refractivity contribution in [3.63, 3.8) is 0 Å². The number of carbonyl (C=O) groups excluding carboxylic acids is 1. The Morgan fingerprint density at radius 1 is 1.24 bits per heavy atom. The van der Waals surface area contributed by atoms with Gasteiger partial charge in [0.1, 0.15) is 5.75 Å². The second kappa shape index (κ2) is 5.71. The molecule has 0 radical (unpaired) electrons. The fraction of sp³-hybridized carbons (Fsp3) is 0.500. The Balaban J connectivity index is 2.43. The topological polar surface area (TPSA) is 52.3 Å². The Morgan fingerprint density at radius 2 is 1.82 bits per heavy atom. The quantitative estimate of drug-likeness (QED) is 0.798. The van der Waals surface area contributed by atoms with Crippen LogP contribution in [0, 0.1) is 0 Å². The predicted molar refractivity (Wildman–Crippen MR) is 69.1 cm³/mol. The van der Waals surface area contributed by atoms with Gasteiger partial charge in [-0.3, -0.25) is 4.79 Å². The van der Waals surface area contributed by atoms with Crippen molar-refractivity contribution in [3.05, 3.63) is 29.8 Å². The molecule has 0 atom stereocenters. The van der Waals surface area contributed by atoms with Gasteiger partial charge in [-0.1, -0.05) is 32.9 Å². The Morgan fingerprint density at radius 3 is 2.29 bits per heavy atom. The van der Waals surface area contributed by atoms with Crippen molar-refractivity contribution < 1.29 is 9.53 Å². The van der Waals surface area contributed by atoms with E-state index in [2.05, 4.69) is 32.9 Å². The molecule has 94 valence electrons. The Hall–Kier alpha value is -1.51. The smallest absolute Gasteiger partial charge is 0.217 e. The van der Waals surface area contributed by atoms with Gasteiger partial charge in [0.25, 0.3) is 0 Å². The number of hydrogen-bond acceptors (Lipinski definition) is 2. The first-order valence-electron chi connectivity index (χ1n) is 5.91. The van der Waals surface area contributed by atoms with Crippen LogP contribution in [0.3, 0.4) is 0 Å². The van der Waals surface area contributed by atoms with Crippen LogP contribution < -0.4 is 10.5 Å². The maximum Gasteiger partial charge on any atom is 0.217 e. The number of nitrogens with two attached hydrogens (primary N) is 1. The molecule has 0 saturated carbocycles. The molecule has 0 aliphatic heterocycles. The van der Waals surface area contributed by atoms with Gasteiger partial charge in [-0.25, -0.2) is 0 Å². The van der Waals surface area contributed by atoms with Gasteiger partial charge in [-0.2, -0.15) is 0 Å². The Bertz CT molecular complexity index is 363. The molecule has 1 aromatic rings. The predicted octanol–water partition coefficient (Wildman–Crippen LogP) is 2.63. The van der Waals surface area contributed by atoms with E-state index in [1.165, 1.54) is 5.56 Å². The average molecular weight is 235 g/mol. The van der Waals surface area contributed by atoms with E-state index in [1.54, 1.807) is 0 Å². The van der Waals surface area contributed by atoms with Crippen molar-refractivity contribution in [2.75, 3.05) is 6.61 Å². The van der Waals surface area contributed by atoms with Crippen molar-refractivity contribution >= 4 is 5.91 Å². The van der Waals surface area contributed by atoms with Crippen LogP contribution in [0.1, 0.15) is 39.2 Å². The van der Waals surface area contributed by atoms with Crippen LogP contribution in [-0.4, -0.2) is 12.5 Å². The SMILES string of the molecule is CC(C)(C)c1ccc(OCCCC(N)=O)cc1. The van der Waals surface area contributed by atoms with Gasteiger partial charge in [-0.15, -0.1) is 0 Å². The third-order valence-electron chi connectivity index (χ3n) is 2.56. The summed E-state index contributed by atoms with van der Waals surface area (Å²) in [6, 6.07) is 8.07. The lowest BCUT2D eigenvalue weighted by molar-refractivity contribution is -0.118. The van der Waals surface area contributed by atoms with Crippen LogP contribution >= 0.6 is 0 Å². The van der Waals surface area contributed by atoms with Crippen molar-refractivity contribution in [3.8, 4) is 5.75 Å². The van der Waals surface area contributed by atoms with Crippen molar-refractivity contribution in [1.29, 1.82) is 0 Å². The summed E-state index contributed by atoms with van der Waals surface area (Å²) in [5.41, 5.74) is 6.48. The number of amides is 1. The first-order chi connectivity index (χ1) is 7.89. The molecule has 2 N–H and O–H groups in total. The molecule has 0 unspecified atom stereocenters. The molecule has 0 spiro atoms. The molecule has 0 bridgehead atoms. The van der Waals surface area contributed by atoms with Crippen LogP contribution in [0.15, 0.2) is 24.3 Å². The number of ether oxygens (including phenoxy) is 1. The van der Waals surface area contributed by atoms with Crippen LogP contribution in [0.4, 0.5) is 0 Å². The van der Waals surface area contributed by atoms with Crippen LogP contribution in [-0.2, 0) is 10.2 Å². The van der Waals surface area contributed by atoms with Gasteiger partial charge < -0.3 is 10.5 Å². The van der Waals surface area contributed by atoms with E-state index in [4.69, 9.17) is 10.5 Å². The summed E-state index contributed by atoms with van der Waals surface area (Å²) in [5.74, 6) is 0.555. The standard InChI is InChI=1S/C14H21NO2/c1-14(2,3)11-6-8-12(9-7-11)17-10-4-5-13(15)16/h6-9H,4-5,10H2,1-3H3,(H2,15,16). The first-order valence-corrected chi connectivity index (χ1v) is 5.91. The summed E-state index contributed by atoms with van der Waals surface area (Å²) in [6.07, 6.45) is 1.04. The van der Waals surface area contributed by atoms with Gasteiger partial charge in [0.2, 0.25) is 5.91 Å². The zero-order valence-corrected chi connectivity index (χ0v) is 10.8. The molecule has 0 saturated heterocycles. The number of primary amides is 1. The fourth-order valence-corrected chi connectivity index (χ4v) is 1.49. The molecule has 0 aliphatic rings. The van der Waals surface area contributed by atoms with Gasteiger partial charge in [0.05, 0.1) is 6.61 Å². The molecule has 1 aromatic carbocycles. The van der Waals surface area contributed by atoms with Gasteiger partial charge >= 0.3 is 0 Å². The van der Waals surface area contributed by atoms with Crippen molar-refractivity contribution in [2.45, 2.75) is 39.0 Å². The molecule has 17 heavy (non-hydrogen) atoms. The lowest BCUT2D eigenvalue weighted by atomic mass is 9.87. The molecule has 0 fully saturated rings. The zero-order chi connectivity index (χ0) is 12.9. The summed E-state index contributed by atoms with van der Waals surface area (Å²) in [5, 5.41) is 0. The molecule has 1 rings (SSSR count). The highest BCUT2D eigenvalue weighted by atomic mass is 16.5.